The van der Waals surface area contributed by atoms with Gasteiger partial charge in [0, 0.05) is 22.6 Å². The van der Waals surface area contributed by atoms with Crippen molar-refractivity contribution in [3.8, 4) is 0 Å². The van der Waals surface area contributed by atoms with Crippen molar-refractivity contribution in [3.63, 3.8) is 0 Å². The lowest BCUT2D eigenvalue weighted by molar-refractivity contribution is -0.119. The SMILES string of the molecule is CCNCC(C)C(=O)Nc1ccc(Br)cc1. The Morgan fingerprint density at radius 2 is 2.00 bits per heavy atom. The number of carbonyl (C=O) groups excluding carboxylic acids is 1. The van der Waals surface area contributed by atoms with Gasteiger partial charge >= 0.3 is 0 Å². The summed E-state index contributed by atoms with van der Waals surface area (Å²) in [5, 5.41) is 6.03. The predicted octanol–water partition coefficient (Wildman–Crippen LogP) is 2.63. The van der Waals surface area contributed by atoms with Crippen LogP contribution in [0, 0.1) is 5.92 Å². The van der Waals surface area contributed by atoms with E-state index in [0.29, 0.717) is 6.54 Å². The first-order chi connectivity index (χ1) is 7.63. The van der Waals surface area contributed by atoms with E-state index in [4.69, 9.17) is 0 Å². The van der Waals surface area contributed by atoms with Crippen LogP contribution in [0.15, 0.2) is 28.7 Å². The van der Waals surface area contributed by atoms with Gasteiger partial charge in [-0.1, -0.05) is 29.8 Å². The molecule has 0 saturated heterocycles. The number of benzene rings is 1. The molecular weight excluding hydrogens is 268 g/mol. The van der Waals surface area contributed by atoms with Gasteiger partial charge in [0.1, 0.15) is 0 Å². The molecule has 0 radical (unpaired) electrons. The van der Waals surface area contributed by atoms with E-state index in [1.165, 1.54) is 0 Å². The number of anilines is 1. The first-order valence-corrected chi connectivity index (χ1v) is 6.20. The number of hydrogen-bond acceptors (Lipinski definition) is 2. The molecule has 0 aliphatic rings. The summed E-state index contributed by atoms with van der Waals surface area (Å²) >= 11 is 3.35. The third kappa shape index (κ3) is 4.33. The minimum absolute atomic E-state index is 0.0244. The average Bonchev–Trinajstić information content (AvgIpc) is 2.29. The zero-order valence-corrected chi connectivity index (χ0v) is 11.2. The van der Waals surface area contributed by atoms with Crippen molar-refractivity contribution in [1.82, 2.24) is 5.32 Å². The topological polar surface area (TPSA) is 41.1 Å². The summed E-state index contributed by atoms with van der Waals surface area (Å²) in [7, 11) is 0. The zero-order valence-electron chi connectivity index (χ0n) is 9.59. The molecule has 0 aliphatic carbocycles. The first-order valence-electron chi connectivity index (χ1n) is 5.40. The Morgan fingerprint density at radius 3 is 2.56 bits per heavy atom. The summed E-state index contributed by atoms with van der Waals surface area (Å²) in [5.74, 6) is 0.0202. The van der Waals surface area contributed by atoms with Gasteiger partial charge in [0.2, 0.25) is 5.91 Å². The highest BCUT2D eigenvalue weighted by atomic mass is 79.9. The third-order valence-corrected chi connectivity index (χ3v) is 2.79. The van der Waals surface area contributed by atoms with E-state index < -0.39 is 0 Å². The third-order valence-electron chi connectivity index (χ3n) is 2.26. The highest BCUT2D eigenvalue weighted by Crippen LogP contribution is 2.14. The Balaban J connectivity index is 2.47. The first kappa shape index (κ1) is 13.2. The number of hydrogen-bond donors (Lipinski definition) is 2. The molecule has 1 amide bonds. The van der Waals surface area contributed by atoms with Crippen LogP contribution in [0.4, 0.5) is 5.69 Å². The molecule has 88 valence electrons. The van der Waals surface area contributed by atoms with Crippen molar-refractivity contribution in [2.75, 3.05) is 18.4 Å². The largest absolute Gasteiger partial charge is 0.326 e. The van der Waals surface area contributed by atoms with Crippen LogP contribution in [0.5, 0.6) is 0 Å². The average molecular weight is 285 g/mol. The molecule has 4 heteroatoms. The molecule has 0 saturated carbocycles. The fourth-order valence-corrected chi connectivity index (χ4v) is 1.52. The highest BCUT2D eigenvalue weighted by molar-refractivity contribution is 9.10. The number of amides is 1. The molecule has 1 aromatic carbocycles. The molecule has 0 fully saturated rings. The predicted molar refractivity (Wildman–Crippen MR) is 70.5 cm³/mol. The lowest BCUT2D eigenvalue weighted by Gasteiger charge is -2.12. The Morgan fingerprint density at radius 1 is 1.38 bits per heavy atom. The second-order valence-electron chi connectivity index (χ2n) is 3.70. The molecule has 1 atom stereocenters. The molecule has 1 aromatic rings. The quantitative estimate of drug-likeness (QED) is 0.873. The Labute approximate surface area is 105 Å². The smallest absolute Gasteiger partial charge is 0.228 e. The maximum Gasteiger partial charge on any atom is 0.228 e. The molecule has 0 spiro atoms. The van der Waals surface area contributed by atoms with E-state index in [-0.39, 0.29) is 11.8 Å². The van der Waals surface area contributed by atoms with Gasteiger partial charge in [-0.05, 0) is 30.8 Å². The van der Waals surface area contributed by atoms with Crippen LogP contribution in [-0.2, 0) is 4.79 Å². The Hall–Kier alpha value is -0.870. The van der Waals surface area contributed by atoms with Gasteiger partial charge in [0.05, 0.1) is 0 Å². The molecule has 16 heavy (non-hydrogen) atoms. The number of nitrogens with one attached hydrogen (secondary N) is 2. The fourth-order valence-electron chi connectivity index (χ4n) is 1.25. The van der Waals surface area contributed by atoms with Gasteiger partial charge in [-0.25, -0.2) is 0 Å². The Kier molecular flexibility index (Phi) is 5.49. The van der Waals surface area contributed by atoms with Gasteiger partial charge in [0.25, 0.3) is 0 Å². The van der Waals surface area contributed by atoms with E-state index in [1.54, 1.807) is 0 Å². The van der Waals surface area contributed by atoms with Gasteiger partial charge in [0.15, 0.2) is 0 Å². The summed E-state index contributed by atoms with van der Waals surface area (Å²) in [6.45, 7) is 5.53. The van der Waals surface area contributed by atoms with Crippen LogP contribution in [-0.4, -0.2) is 19.0 Å². The molecular formula is C12H17BrN2O. The maximum atomic E-state index is 11.7. The van der Waals surface area contributed by atoms with Crippen LogP contribution in [0.3, 0.4) is 0 Å². The van der Waals surface area contributed by atoms with E-state index in [9.17, 15) is 4.79 Å². The van der Waals surface area contributed by atoms with Crippen LogP contribution in [0.25, 0.3) is 0 Å². The molecule has 0 aromatic heterocycles. The normalized spacial score (nSPS) is 12.2. The zero-order chi connectivity index (χ0) is 12.0. The summed E-state index contributed by atoms with van der Waals surface area (Å²) in [6, 6.07) is 7.57. The molecule has 0 heterocycles. The van der Waals surface area contributed by atoms with E-state index in [1.807, 2.05) is 38.1 Å². The van der Waals surface area contributed by atoms with Crippen LogP contribution in [0.2, 0.25) is 0 Å². The van der Waals surface area contributed by atoms with Gasteiger partial charge in [-0.15, -0.1) is 0 Å². The standard InChI is InChI=1S/C12H17BrN2O/c1-3-14-8-9(2)12(16)15-11-6-4-10(13)5-7-11/h4-7,9,14H,3,8H2,1-2H3,(H,15,16). The lowest BCUT2D eigenvalue weighted by Crippen LogP contribution is -2.30. The molecule has 3 nitrogen and oxygen atoms in total. The van der Waals surface area contributed by atoms with Gasteiger partial charge in [-0.3, -0.25) is 4.79 Å². The van der Waals surface area contributed by atoms with Crippen LogP contribution >= 0.6 is 15.9 Å². The molecule has 1 unspecified atom stereocenters. The van der Waals surface area contributed by atoms with E-state index >= 15 is 0 Å². The minimum Gasteiger partial charge on any atom is -0.326 e. The monoisotopic (exact) mass is 284 g/mol. The van der Waals surface area contributed by atoms with Crippen molar-refractivity contribution in [1.29, 1.82) is 0 Å². The van der Waals surface area contributed by atoms with Crippen molar-refractivity contribution in [3.05, 3.63) is 28.7 Å². The van der Waals surface area contributed by atoms with Crippen molar-refractivity contribution in [2.45, 2.75) is 13.8 Å². The number of carbonyl (C=O) groups is 1. The maximum absolute atomic E-state index is 11.7. The Bertz CT molecular complexity index is 337. The van der Waals surface area contributed by atoms with Crippen molar-refractivity contribution in [2.24, 2.45) is 5.92 Å². The fraction of sp³-hybridized carbons (Fsp3) is 0.417. The van der Waals surface area contributed by atoms with E-state index in [2.05, 4.69) is 26.6 Å². The van der Waals surface area contributed by atoms with Crippen LogP contribution < -0.4 is 10.6 Å². The summed E-state index contributed by atoms with van der Waals surface area (Å²) in [4.78, 5) is 11.7. The minimum atomic E-state index is -0.0244. The van der Waals surface area contributed by atoms with E-state index in [0.717, 1.165) is 16.7 Å². The van der Waals surface area contributed by atoms with Gasteiger partial charge < -0.3 is 10.6 Å². The lowest BCUT2D eigenvalue weighted by atomic mass is 10.1. The second-order valence-corrected chi connectivity index (χ2v) is 4.62. The second kappa shape index (κ2) is 6.66. The molecule has 0 aliphatic heterocycles. The van der Waals surface area contributed by atoms with Crippen molar-refractivity contribution >= 4 is 27.5 Å². The molecule has 0 bridgehead atoms. The van der Waals surface area contributed by atoms with Gasteiger partial charge in [-0.2, -0.15) is 0 Å². The number of halogens is 1. The summed E-state index contributed by atoms with van der Waals surface area (Å²) < 4.78 is 1.01. The molecule has 1 rings (SSSR count). The summed E-state index contributed by atoms with van der Waals surface area (Å²) in [6.07, 6.45) is 0. The molecule has 2 N–H and O–H groups in total. The number of rotatable bonds is 5. The highest BCUT2D eigenvalue weighted by Gasteiger charge is 2.11. The van der Waals surface area contributed by atoms with Crippen molar-refractivity contribution < 1.29 is 4.79 Å². The van der Waals surface area contributed by atoms with Crippen LogP contribution in [0.1, 0.15) is 13.8 Å². The summed E-state index contributed by atoms with van der Waals surface area (Å²) in [5.41, 5.74) is 0.830.